The highest BCUT2D eigenvalue weighted by Gasteiger charge is 2.37. The highest BCUT2D eigenvalue weighted by atomic mass is 19.1. The molecular formula is C14H21FN2. The molecule has 1 saturated heterocycles. The number of nitrogens with zero attached hydrogens (tertiary/aromatic N) is 1. The van der Waals surface area contributed by atoms with E-state index in [9.17, 15) is 4.39 Å². The van der Waals surface area contributed by atoms with Crippen LogP contribution in [0.3, 0.4) is 0 Å². The predicted molar refractivity (Wildman–Crippen MR) is 69.9 cm³/mol. The van der Waals surface area contributed by atoms with Gasteiger partial charge in [0.1, 0.15) is 5.82 Å². The van der Waals surface area contributed by atoms with E-state index in [1.165, 1.54) is 18.6 Å². The van der Waals surface area contributed by atoms with Gasteiger partial charge in [-0.15, -0.1) is 0 Å². The van der Waals surface area contributed by atoms with Crippen molar-refractivity contribution < 1.29 is 4.39 Å². The monoisotopic (exact) mass is 236 g/mol. The minimum atomic E-state index is -0.169. The molecule has 0 saturated carbocycles. The van der Waals surface area contributed by atoms with Crippen LogP contribution in [0, 0.1) is 11.7 Å². The number of benzene rings is 1. The van der Waals surface area contributed by atoms with Crippen molar-refractivity contribution in [2.75, 3.05) is 25.0 Å². The van der Waals surface area contributed by atoms with E-state index < -0.39 is 0 Å². The van der Waals surface area contributed by atoms with Crippen molar-refractivity contribution >= 4 is 5.69 Å². The summed E-state index contributed by atoms with van der Waals surface area (Å²) in [5.74, 6) is 0.498. The predicted octanol–water partition coefficient (Wildman–Crippen LogP) is 2.65. The maximum absolute atomic E-state index is 12.9. The van der Waals surface area contributed by atoms with E-state index in [0.717, 1.165) is 18.8 Å². The summed E-state index contributed by atoms with van der Waals surface area (Å²) in [5.41, 5.74) is 1.27. The minimum Gasteiger partial charge on any atom is -0.366 e. The molecule has 2 nitrogen and oxygen atoms in total. The molecule has 0 aromatic heterocycles. The molecule has 0 aliphatic carbocycles. The van der Waals surface area contributed by atoms with E-state index in [0.29, 0.717) is 5.92 Å². The average molecular weight is 236 g/mol. The van der Waals surface area contributed by atoms with Gasteiger partial charge in [0.25, 0.3) is 0 Å². The maximum atomic E-state index is 12.9. The van der Waals surface area contributed by atoms with Crippen molar-refractivity contribution in [3.63, 3.8) is 0 Å². The maximum Gasteiger partial charge on any atom is 0.123 e. The molecule has 1 fully saturated rings. The number of hydrogen-bond donors (Lipinski definition) is 1. The Labute approximate surface area is 103 Å². The van der Waals surface area contributed by atoms with E-state index in [2.05, 4.69) is 24.1 Å². The standard InChI is InChI=1S/C14H21FN2/c1-14(2)8-11(9-16-3)10-17(14)13-6-4-12(15)5-7-13/h4-7,11,16H,8-10H2,1-3H3. The number of halogens is 1. The van der Waals surface area contributed by atoms with Crippen molar-refractivity contribution in [2.24, 2.45) is 5.92 Å². The molecule has 2 rings (SSSR count). The Bertz CT molecular complexity index is 372. The first-order valence-electron chi connectivity index (χ1n) is 6.21. The van der Waals surface area contributed by atoms with E-state index in [-0.39, 0.29) is 11.4 Å². The molecule has 17 heavy (non-hydrogen) atoms. The van der Waals surface area contributed by atoms with Crippen LogP contribution in [-0.4, -0.2) is 25.7 Å². The quantitative estimate of drug-likeness (QED) is 0.868. The van der Waals surface area contributed by atoms with Crippen LogP contribution in [0.1, 0.15) is 20.3 Å². The Morgan fingerprint density at radius 2 is 2.00 bits per heavy atom. The molecule has 1 unspecified atom stereocenters. The lowest BCUT2D eigenvalue weighted by molar-refractivity contribution is 0.461. The second kappa shape index (κ2) is 4.65. The normalized spacial score (nSPS) is 23.1. The molecular weight excluding hydrogens is 215 g/mol. The second-order valence-electron chi connectivity index (χ2n) is 5.53. The first-order valence-corrected chi connectivity index (χ1v) is 6.21. The van der Waals surface area contributed by atoms with Crippen molar-refractivity contribution in [3.8, 4) is 0 Å². The number of hydrogen-bond acceptors (Lipinski definition) is 2. The topological polar surface area (TPSA) is 15.3 Å². The SMILES string of the molecule is CNCC1CN(c2ccc(F)cc2)C(C)(C)C1. The third-order valence-electron chi connectivity index (χ3n) is 3.59. The molecule has 0 amide bonds. The van der Waals surface area contributed by atoms with Crippen molar-refractivity contribution in [1.29, 1.82) is 0 Å². The zero-order valence-corrected chi connectivity index (χ0v) is 10.8. The summed E-state index contributed by atoms with van der Waals surface area (Å²) < 4.78 is 12.9. The highest BCUT2D eigenvalue weighted by molar-refractivity contribution is 5.50. The summed E-state index contributed by atoms with van der Waals surface area (Å²) in [4.78, 5) is 2.38. The van der Waals surface area contributed by atoms with Gasteiger partial charge in [0, 0.05) is 17.8 Å². The molecule has 3 heteroatoms. The van der Waals surface area contributed by atoms with Gasteiger partial charge in [-0.1, -0.05) is 0 Å². The zero-order valence-electron chi connectivity index (χ0n) is 10.8. The van der Waals surface area contributed by atoms with E-state index in [4.69, 9.17) is 0 Å². The Morgan fingerprint density at radius 3 is 2.59 bits per heavy atom. The van der Waals surface area contributed by atoms with Gasteiger partial charge in [0.15, 0.2) is 0 Å². The summed E-state index contributed by atoms with van der Waals surface area (Å²) in [7, 11) is 1.99. The summed E-state index contributed by atoms with van der Waals surface area (Å²) in [5, 5.41) is 3.24. The molecule has 1 aliphatic heterocycles. The fraction of sp³-hybridized carbons (Fsp3) is 0.571. The molecule has 0 radical (unpaired) electrons. The van der Waals surface area contributed by atoms with Gasteiger partial charge in [-0.3, -0.25) is 0 Å². The molecule has 1 aliphatic rings. The van der Waals surface area contributed by atoms with Crippen LogP contribution < -0.4 is 10.2 Å². The minimum absolute atomic E-state index is 0.152. The van der Waals surface area contributed by atoms with Crippen LogP contribution in [0.25, 0.3) is 0 Å². The molecule has 0 spiro atoms. The summed E-state index contributed by atoms with van der Waals surface area (Å²) in [6.45, 7) is 6.60. The lowest BCUT2D eigenvalue weighted by Gasteiger charge is -2.33. The van der Waals surface area contributed by atoms with Gasteiger partial charge < -0.3 is 10.2 Å². The van der Waals surface area contributed by atoms with Gasteiger partial charge in [-0.05, 0) is 64.0 Å². The Kier molecular flexibility index (Phi) is 3.38. The number of rotatable bonds is 3. The molecule has 1 atom stereocenters. The second-order valence-corrected chi connectivity index (χ2v) is 5.53. The third-order valence-corrected chi connectivity index (χ3v) is 3.59. The van der Waals surface area contributed by atoms with Gasteiger partial charge in [0.2, 0.25) is 0 Å². The van der Waals surface area contributed by atoms with Crippen LogP contribution >= 0.6 is 0 Å². The van der Waals surface area contributed by atoms with E-state index in [1.54, 1.807) is 0 Å². The third kappa shape index (κ3) is 2.60. The molecule has 1 heterocycles. The first kappa shape index (κ1) is 12.4. The van der Waals surface area contributed by atoms with Crippen molar-refractivity contribution in [2.45, 2.75) is 25.8 Å². The van der Waals surface area contributed by atoms with Crippen LogP contribution in [0.4, 0.5) is 10.1 Å². The summed E-state index contributed by atoms with van der Waals surface area (Å²) in [6.07, 6.45) is 1.17. The van der Waals surface area contributed by atoms with Crippen LogP contribution in [0.15, 0.2) is 24.3 Å². The smallest absolute Gasteiger partial charge is 0.123 e. The van der Waals surface area contributed by atoms with E-state index in [1.807, 2.05) is 19.2 Å². The van der Waals surface area contributed by atoms with E-state index >= 15 is 0 Å². The van der Waals surface area contributed by atoms with Gasteiger partial charge in [-0.2, -0.15) is 0 Å². The van der Waals surface area contributed by atoms with Gasteiger partial charge >= 0.3 is 0 Å². The van der Waals surface area contributed by atoms with Gasteiger partial charge in [-0.25, -0.2) is 4.39 Å². The molecule has 0 bridgehead atoms. The fourth-order valence-corrected chi connectivity index (χ4v) is 2.89. The molecule has 1 N–H and O–H groups in total. The highest BCUT2D eigenvalue weighted by Crippen LogP contribution is 2.36. The first-order chi connectivity index (χ1) is 8.03. The summed E-state index contributed by atoms with van der Waals surface area (Å²) in [6, 6.07) is 6.82. The Balaban J connectivity index is 2.17. The number of nitrogens with one attached hydrogen (secondary N) is 1. The van der Waals surface area contributed by atoms with Crippen molar-refractivity contribution in [1.82, 2.24) is 5.32 Å². The largest absolute Gasteiger partial charge is 0.366 e. The number of anilines is 1. The molecule has 1 aromatic rings. The molecule has 1 aromatic carbocycles. The zero-order chi connectivity index (χ0) is 12.5. The Morgan fingerprint density at radius 1 is 1.35 bits per heavy atom. The van der Waals surface area contributed by atoms with Crippen LogP contribution in [0.2, 0.25) is 0 Å². The molecule has 94 valence electrons. The lowest BCUT2D eigenvalue weighted by atomic mass is 9.96. The summed E-state index contributed by atoms with van der Waals surface area (Å²) >= 11 is 0. The lowest BCUT2D eigenvalue weighted by Crippen LogP contribution is -2.38. The Hall–Kier alpha value is -1.09. The van der Waals surface area contributed by atoms with Crippen LogP contribution in [0.5, 0.6) is 0 Å². The van der Waals surface area contributed by atoms with Gasteiger partial charge in [0.05, 0.1) is 0 Å². The fourth-order valence-electron chi connectivity index (χ4n) is 2.89. The average Bonchev–Trinajstić information content (AvgIpc) is 2.55. The van der Waals surface area contributed by atoms with Crippen LogP contribution in [-0.2, 0) is 0 Å². The van der Waals surface area contributed by atoms with Crippen molar-refractivity contribution in [3.05, 3.63) is 30.1 Å².